The van der Waals surface area contributed by atoms with Crippen LogP contribution in [0, 0.1) is 0 Å². The average molecular weight is 237 g/mol. The van der Waals surface area contributed by atoms with E-state index >= 15 is 0 Å². The first-order valence-electron chi connectivity index (χ1n) is 5.55. The van der Waals surface area contributed by atoms with Crippen LogP contribution in [0.25, 0.3) is 0 Å². The van der Waals surface area contributed by atoms with Crippen molar-refractivity contribution in [2.24, 2.45) is 0 Å². The number of fused-ring (bicyclic) bond motifs is 1. The summed E-state index contributed by atoms with van der Waals surface area (Å²) in [5.41, 5.74) is 7.56. The molecule has 0 bridgehead atoms. The third kappa shape index (κ3) is 2.36. The molecule has 0 radical (unpaired) electrons. The van der Waals surface area contributed by atoms with Gasteiger partial charge in [-0.15, -0.1) is 0 Å². The van der Waals surface area contributed by atoms with E-state index in [0.717, 1.165) is 11.3 Å². The third-order valence-corrected chi connectivity index (χ3v) is 2.88. The number of carboxylic acid groups (broad SMARTS) is 1. The minimum Gasteiger partial charge on any atom is -0.481 e. The number of rotatable bonds is 2. The molecule has 1 unspecified atom stereocenters. The largest absolute Gasteiger partial charge is 0.481 e. The highest BCUT2D eigenvalue weighted by Gasteiger charge is 2.21. The molecule has 1 aromatic rings. The summed E-state index contributed by atoms with van der Waals surface area (Å²) >= 11 is 0. The minimum absolute atomic E-state index is 0.274. The highest BCUT2D eigenvalue weighted by atomic mass is 16.5. The van der Waals surface area contributed by atoms with Gasteiger partial charge in [0.1, 0.15) is 17.6 Å². The quantitative estimate of drug-likeness (QED) is 0.770. The van der Waals surface area contributed by atoms with E-state index in [-0.39, 0.29) is 5.82 Å². The first-order chi connectivity index (χ1) is 8.09. The Labute approximate surface area is 98.8 Å². The van der Waals surface area contributed by atoms with Crippen molar-refractivity contribution in [3.63, 3.8) is 0 Å². The van der Waals surface area contributed by atoms with Gasteiger partial charge in [-0.05, 0) is 6.92 Å². The van der Waals surface area contributed by atoms with E-state index in [4.69, 9.17) is 15.6 Å². The lowest BCUT2D eigenvalue weighted by atomic mass is 10.1. The fourth-order valence-electron chi connectivity index (χ4n) is 1.80. The van der Waals surface area contributed by atoms with Crippen LogP contribution in [-0.2, 0) is 22.4 Å². The molecule has 0 fully saturated rings. The predicted molar refractivity (Wildman–Crippen MR) is 60.7 cm³/mol. The van der Waals surface area contributed by atoms with Crippen LogP contribution in [0.3, 0.4) is 0 Å². The van der Waals surface area contributed by atoms with Crippen molar-refractivity contribution >= 4 is 11.8 Å². The second-order valence-electron chi connectivity index (χ2n) is 4.06. The molecular weight excluding hydrogens is 222 g/mol. The van der Waals surface area contributed by atoms with Gasteiger partial charge in [-0.3, -0.25) is 4.79 Å². The lowest BCUT2D eigenvalue weighted by molar-refractivity contribution is -0.138. The number of ether oxygens (including phenoxy) is 1. The van der Waals surface area contributed by atoms with E-state index in [0.29, 0.717) is 31.9 Å². The van der Waals surface area contributed by atoms with Gasteiger partial charge in [-0.25, -0.2) is 9.97 Å². The number of nitrogens with zero attached hydrogens (tertiary/aromatic N) is 2. The summed E-state index contributed by atoms with van der Waals surface area (Å²) in [5, 5.41) is 8.94. The number of nitrogen functional groups attached to an aromatic ring is 1. The van der Waals surface area contributed by atoms with Crippen LogP contribution in [0.15, 0.2) is 0 Å². The van der Waals surface area contributed by atoms with Gasteiger partial charge in [0.25, 0.3) is 0 Å². The Morgan fingerprint density at radius 3 is 2.82 bits per heavy atom. The Morgan fingerprint density at radius 2 is 2.12 bits per heavy atom. The van der Waals surface area contributed by atoms with Crippen molar-refractivity contribution in [1.82, 2.24) is 9.97 Å². The normalized spacial score (nSPS) is 17.0. The van der Waals surface area contributed by atoms with Gasteiger partial charge in [-0.2, -0.15) is 0 Å². The van der Waals surface area contributed by atoms with Crippen molar-refractivity contribution in [2.45, 2.75) is 25.7 Å². The summed E-state index contributed by atoms with van der Waals surface area (Å²) in [6.07, 6.45) is 1.34. The van der Waals surface area contributed by atoms with Gasteiger partial charge in [0, 0.05) is 18.4 Å². The van der Waals surface area contributed by atoms with Crippen molar-refractivity contribution in [2.75, 3.05) is 18.9 Å². The second-order valence-corrected chi connectivity index (χ2v) is 4.06. The molecule has 0 aliphatic carbocycles. The molecule has 6 heteroatoms. The van der Waals surface area contributed by atoms with Gasteiger partial charge in [0.2, 0.25) is 0 Å². The molecule has 1 atom stereocenters. The van der Waals surface area contributed by atoms with E-state index in [1.165, 1.54) is 0 Å². The number of anilines is 1. The van der Waals surface area contributed by atoms with Crippen LogP contribution in [0.5, 0.6) is 0 Å². The SMILES string of the molecule is CC(C(=O)O)c1nc(N)c2c(n1)CCOCC2. The maximum atomic E-state index is 10.9. The first kappa shape index (κ1) is 11.8. The standard InChI is InChI=1S/C11H15N3O3/c1-6(11(15)16)10-13-8-3-5-17-4-2-7(8)9(12)14-10/h6H,2-5H2,1H3,(H,15,16)(H2,12,13,14). The number of aromatic nitrogens is 2. The van der Waals surface area contributed by atoms with E-state index in [1.54, 1.807) is 6.92 Å². The number of nitrogens with two attached hydrogens (primary N) is 1. The third-order valence-electron chi connectivity index (χ3n) is 2.88. The molecule has 0 aromatic carbocycles. The lowest BCUT2D eigenvalue weighted by Crippen LogP contribution is -2.16. The summed E-state index contributed by atoms with van der Waals surface area (Å²) in [6.45, 7) is 2.75. The average Bonchev–Trinajstić information content (AvgIpc) is 2.53. The molecule has 1 aromatic heterocycles. The van der Waals surface area contributed by atoms with Crippen LogP contribution in [0.1, 0.15) is 29.9 Å². The van der Waals surface area contributed by atoms with Crippen molar-refractivity contribution in [1.29, 1.82) is 0 Å². The van der Waals surface area contributed by atoms with Crippen LogP contribution in [0.2, 0.25) is 0 Å². The second kappa shape index (κ2) is 4.67. The summed E-state index contributed by atoms with van der Waals surface area (Å²) < 4.78 is 5.34. The zero-order valence-electron chi connectivity index (χ0n) is 9.64. The van der Waals surface area contributed by atoms with Gasteiger partial charge in [-0.1, -0.05) is 0 Å². The van der Waals surface area contributed by atoms with E-state index in [1.807, 2.05) is 0 Å². The Bertz CT molecular complexity index is 448. The fraction of sp³-hybridized carbons (Fsp3) is 0.545. The number of aliphatic carboxylic acids is 1. The maximum Gasteiger partial charge on any atom is 0.313 e. The molecule has 1 aliphatic rings. The number of hydrogen-bond acceptors (Lipinski definition) is 5. The topological polar surface area (TPSA) is 98.3 Å². The number of carboxylic acids is 1. The van der Waals surface area contributed by atoms with Gasteiger partial charge in [0.15, 0.2) is 0 Å². The van der Waals surface area contributed by atoms with Crippen molar-refractivity contribution in [3.05, 3.63) is 17.1 Å². The smallest absolute Gasteiger partial charge is 0.313 e. The van der Waals surface area contributed by atoms with Gasteiger partial charge >= 0.3 is 5.97 Å². The molecule has 17 heavy (non-hydrogen) atoms. The first-order valence-corrected chi connectivity index (χ1v) is 5.55. The van der Waals surface area contributed by atoms with Crippen molar-refractivity contribution < 1.29 is 14.6 Å². The fourth-order valence-corrected chi connectivity index (χ4v) is 1.80. The molecule has 2 rings (SSSR count). The molecule has 92 valence electrons. The molecule has 0 amide bonds. The zero-order chi connectivity index (χ0) is 12.4. The molecule has 0 spiro atoms. The molecular formula is C11H15N3O3. The van der Waals surface area contributed by atoms with Gasteiger partial charge in [0.05, 0.1) is 18.9 Å². The molecule has 6 nitrogen and oxygen atoms in total. The molecule has 2 heterocycles. The summed E-state index contributed by atoms with van der Waals surface area (Å²) in [5.74, 6) is -1.04. The predicted octanol–water partition coefficient (Wildman–Crippen LogP) is 0.362. The van der Waals surface area contributed by atoms with E-state index in [9.17, 15) is 4.79 Å². The Morgan fingerprint density at radius 1 is 1.41 bits per heavy atom. The summed E-state index contributed by atoms with van der Waals surface area (Å²) in [6, 6.07) is 0. The molecule has 3 N–H and O–H groups in total. The molecule has 0 saturated heterocycles. The highest BCUT2D eigenvalue weighted by Crippen LogP contribution is 2.21. The molecule has 1 aliphatic heterocycles. The Kier molecular flexibility index (Phi) is 3.23. The maximum absolute atomic E-state index is 10.9. The summed E-state index contributed by atoms with van der Waals surface area (Å²) in [4.78, 5) is 19.3. The highest BCUT2D eigenvalue weighted by molar-refractivity contribution is 5.74. The number of hydrogen-bond donors (Lipinski definition) is 2. The van der Waals surface area contributed by atoms with Crippen LogP contribution < -0.4 is 5.73 Å². The lowest BCUT2D eigenvalue weighted by Gasteiger charge is -2.11. The molecule has 0 saturated carbocycles. The van der Waals surface area contributed by atoms with E-state index < -0.39 is 11.9 Å². The van der Waals surface area contributed by atoms with Crippen LogP contribution in [-0.4, -0.2) is 34.3 Å². The van der Waals surface area contributed by atoms with Crippen molar-refractivity contribution in [3.8, 4) is 0 Å². The zero-order valence-corrected chi connectivity index (χ0v) is 9.64. The van der Waals surface area contributed by atoms with Gasteiger partial charge < -0.3 is 15.6 Å². The van der Waals surface area contributed by atoms with E-state index in [2.05, 4.69) is 9.97 Å². The monoisotopic (exact) mass is 237 g/mol. The Balaban J connectivity index is 2.42. The Hall–Kier alpha value is -1.69. The van der Waals surface area contributed by atoms with Crippen LogP contribution >= 0.6 is 0 Å². The minimum atomic E-state index is -0.950. The number of carbonyl (C=O) groups is 1. The summed E-state index contributed by atoms with van der Waals surface area (Å²) in [7, 11) is 0. The van der Waals surface area contributed by atoms with Crippen LogP contribution in [0.4, 0.5) is 5.82 Å².